The fourth-order valence-corrected chi connectivity index (χ4v) is 5.83. The molecular weight excluding hydrogens is 492 g/mol. The van der Waals surface area contributed by atoms with Crippen LogP contribution in [-0.2, 0) is 20.0 Å². The van der Waals surface area contributed by atoms with Gasteiger partial charge in [-0.3, -0.25) is 0 Å². The zero-order valence-corrected chi connectivity index (χ0v) is 19.8. The molecule has 14 nitrogen and oxygen atoms in total. The number of hydrogen-bond donors (Lipinski definition) is 0. The van der Waals surface area contributed by atoms with Crippen LogP contribution in [0.2, 0.25) is 0 Å². The van der Waals surface area contributed by atoms with Crippen LogP contribution in [0.3, 0.4) is 0 Å². The molecule has 0 radical (unpaired) electrons. The van der Waals surface area contributed by atoms with Crippen molar-refractivity contribution in [3.63, 3.8) is 0 Å². The lowest BCUT2D eigenvalue weighted by Crippen LogP contribution is -2.59. The predicted octanol–water partition coefficient (Wildman–Crippen LogP) is 0.816. The van der Waals surface area contributed by atoms with E-state index in [-0.39, 0.29) is 9.79 Å². The van der Waals surface area contributed by atoms with E-state index in [0.29, 0.717) is 18.6 Å². The zero-order valence-electron chi connectivity index (χ0n) is 18.2. The molecule has 1 aliphatic rings. The first-order valence-electron chi connectivity index (χ1n) is 9.74. The summed E-state index contributed by atoms with van der Waals surface area (Å²) in [6, 6.07) is 11.2. The minimum absolute atomic E-state index is 0.214. The van der Waals surface area contributed by atoms with E-state index in [4.69, 9.17) is 0 Å². The highest BCUT2D eigenvalue weighted by Gasteiger charge is 2.41. The summed E-state index contributed by atoms with van der Waals surface area (Å²) in [7, 11) is -8.78. The fraction of sp³-hybridized carbons (Fsp3) is 0.333. The quantitative estimate of drug-likeness (QED) is 0.397. The molecule has 0 spiro atoms. The minimum Gasteiger partial charge on any atom is -0.235 e. The number of rotatable bonds is 6. The normalized spacial score (nSPS) is 16.6. The van der Waals surface area contributed by atoms with Crippen LogP contribution in [0.15, 0.2) is 58.3 Å². The van der Waals surface area contributed by atoms with Gasteiger partial charge in [0, 0.05) is 0 Å². The highest BCUT2D eigenvalue weighted by atomic mass is 32.2. The molecule has 0 saturated carbocycles. The van der Waals surface area contributed by atoms with E-state index in [0.717, 1.165) is 11.1 Å². The summed E-state index contributed by atoms with van der Waals surface area (Å²) >= 11 is 0. The van der Waals surface area contributed by atoms with E-state index in [9.17, 15) is 37.1 Å². The topological polar surface area (TPSA) is 168 Å². The lowest BCUT2D eigenvalue weighted by Gasteiger charge is -2.34. The summed E-state index contributed by atoms with van der Waals surface area (Å²) < 4.78 is 53.6. The van der Waals surface area contributed by atoms with Crippen molar-refractivity contribution in [3.8, 4) is 0 Å². The summed E-state index contributed by atoms with van der Waals surface area (Å²) in [5.74, 6) is 0. The third-order valence-corrected chi connectivity index (χ3v) is 8.62. The summed E-state index contributed by atoms with van der Waals surface area (Å²) in [6.45, 7) is -0.223. The molecule has 0 aliphatic carbocycles. The van der Waals surface area contributed by atoms with Gasteiger partial charge in [0.15, 0.2) is 10.1 Å². The first-order chi connectivity index (χ1) is 15.8. The molecule has 34 heavy (non-hydrogen) atoms. The van der Waals surface area contributed by atoms with Gasteiger partial charge in [0.2, 0.25) is 20.0 Å². The Balaban J connectivity index is 2.01. The third-order valence-electron chi connectivity index (χ3n) is 5.06. The summed E-state index contributed by atoms with van der Waals surface area (Å²) in [4.78, 5) is 22.9. The molecule has 184 valence electrons. The molecule has 0 aromatic heterocycles. The van der Waals surface area contributed by atoms with E-state index in [1.54, 1.807) is 13.8 Å². The van der Waals surface area contributed by atoms with Gasteiger partial charge >= 0.3 is 0 Å². The van der Waals surface area contributed by atoms with Gasteiger partial charge in [-0.15, -0.1) is 8.61 Å². The van der Waals surface area contributed by atoms with Gasteiger partial charge in [-0.25, -0.2) is 37.1 Å². The van der Waals surface area contributed by atoms with Crippen molar-refractivity contribution in [3.05, 3.63) is 79.9 Å². The zero-order chi connectivity index (χ0) is 25.3. The van der Waals surface area contributed by atoms with Gasteiger partial charge in [0.25, 0.3) is 0 Å². The number of aryl methyl sites for hydroxylation is 2. The average Bonchev–Trinajstić information content (AvgIpc) is 2.73. The maximum absolute atomic E-state index is 13.1. The third kappa shape index (κ3) is 5.24. The van der Waals surface area contributed by atoms with E-state index in [1.807, 2.05) is 0 Å². The van der Waals surface area contributed by atoms with Crippen LogP contribution in [0, 0.1) is 34.1 Å². The van der Waals surface area contributed by atoms with Crippen LogP contribution >= 0.6 is 0 Å². The van der Waals surface area contributed by atoms with Gasteiger partial charge in [-0.05, 0) is 38.1 Å². The average molecular weight is 515 g/mol. The Bertz CT molecular complexity index is 1170. The van der Waals surface area contributed by atoms with Crippen molar-refractivity contribution >= 4 is 20.0 Å². The molecule has 1 heterocycles. The summed E-state index contributed by atoms with van der Waals surface area (Å²) in [5.41, 5.74) is 1.53. The molecule has 0 amide bonds. The Hall–Kier alpha value is -3.34. The van der Waals surface area contributed by atoms with E-state index < -0.39 is 56.8 Å². The van der Waals surface area contributed by atoms with Crippen LogP contribution in [0.5, 0.6) is 0 Å². The molecule has 1 saturated heterocycles. The Morgan fingerprint density at radius 1 is 0.618 bits per heavy atom. The van der Waals surface area contributed by atoms with Crippen molar-refractivity contribution in [2.75, 3.05) is 26.7 Å². The number of hydrazine groups is 2. The van der Waals surface area contributed by atoms with Gasteiger partial charge < -0.3 is 0 Å². The number of hydrogen-bond acceptors (Lipinski definition) is 8. The van der Waals surface area contributed by atoms with Crippen molar-refractivity contribution in [2.24, 2.45) is 0 Å². The Labute approximate surface area is 195 Å². The Morgan fingerprint density at radius 2 is 0.882 bits per heavy atom. The number of benzene rings is 2. The molecule has 1 fully saturated rings. The highest BCUT2D eigenvalue weighted by molar-refractivity contribution is 7.89. The number of nitro groups is 2. The molecule has 0 bridgehead atoms. The molecule has 1 aliphatic heterocycles. The largest absolute Gasteiger partial charge is 0.246 e. The van der Waals surface area contributed by atoms with Crippen LogP contribution < -0.4 is 0 Å². The molecule has 0 unspecified atom stereocenters. The fourth-order valence-electron chi connectivity index (χ4n) is 3.14. The van der Waals surface area contributed by atoms with Crippen molar-refractivity contribution in [1.29, 1.82) is 0 Å². The van der Waals surface area contributed by atoms with Crippen molar-refractivity contribution < 1.29 is 26.9 Å². The lowest BCUT2D eigenvalue weighted by molar-refractivity contribution is -0.681. The van der Waals surface area contributed by atoms with Gasteiger partial charge in [-0.1, -0.05) is 45.4 Å². The van der Waals surface area contributed by atoms with Crippen molar-refractivity contribution in [2.45, 2.75) is 23.6 Å². The van der Waals surface area contributed by atoms with Crippen molar-refractivity contribution in [1.82, 2.24) is 18.6 Å². The molecule has 2 aromatic rings. The second-order valence-corrected chi connectivity index (χ2v) is 11.5. The molecule has 0 atom stereocenters. The summed E-state index contributed by atoms with van der Waals surface area (Å²) in [6.07, 6.45) is 0. The van der Waals surface area contributed by atoms with Crippen LogP contribution in [-0.4, -0.2) is 72.2 Å². The molecule has 2 aromatic carbocycles. The smallest absolute Gasteiger partial charge is 0.235 e. The first-order valence-corrected chi connectivity index (χ1v) is 12.6. The van der Waals surface area contributed by atoms with Gasteiger partial charge in [0.1, 0.15) is 26.7 Å². The van der Waals surface area contributed by atoms with Gasteiger partial charge in [0.05, 0.1) is 9.79 Å². The van der Waals surface area contributed by atoms with Crippen LogP contribution in [0.1, 0.15) is 11.1 Å². The predicted molar refractivity (Wildman–Crippen MR) is 118 cm³/mol. The molecular formula is C18H22N6O8S2. The monoisotopic (exact) mass is 514 g/mol. The maximum atomic E-state index is 13.1. The first kappa shape index (κ1) is 25.3. The minimum atomic E-state index is -4.39. The van der Waals surface area contributed by atoms with Crippen LogP contribution in [0.4, 0.5) is 0 Å². The second-order valence-electron chi connectivity index (χ2n) is 7.59. The molecule has 0 N–H and O–H groups in total. The lowest BCUT2D eigenvalue weighted by atomic mass is 10.2. The van der Waals surface area contributed by atoms with Gasteiger partial charge in [-0.2, -0.15) is 0 Å². The summed E-state index contributed by atoms with van der Waals surface area (Å²) in [5, 5.41) is 22.2. The van der Waals surface area contributed by atoms with Crippen LogP contribution in [0.25, 0.3) is 0 Å². The standard InChI is InChI=1S/C18H22N6O8S2/c1-15-3-7-17(8-4-15)33(29,30)21-11-19(23(25)26)13-22(14-20(12-21)24(27)28)34(31,32)18-9-5-16(2)6-10-18/h3-10H,11-14H2,1-2H3. The molecule has 16 heteroatoms. The molecule has 3 rings (SSSR count). The number of sulfonamides is 2. The Kier molecular flexibility index (Phi) is 7.06. The highest BCUT2D eigenvalue weighted by Crippen LogP contribution is 2.23. The van der Waals surface area contributed by atoms with E-state index in [2.05, 4.69) is 0 Å². The maximum Gasteiger partial charge on any atom is 0.246 e. The van der Waals surface area contributed by atoms with E-state index >= 15 is 0 Å². The second kappa shape index (κ2) is 9.49. The SMILES string of the molecule is Cc1ccc(S(=O)(=O)N2CN([N+](=O)[O-])CN(S(=O)(=O)c3ccc(C)cc3)CN([N+](=O)[O-])C2)cc1. The number of nitrogens with zero attached hydrogens (tertiary/aromatic N) is 6. The van der Waals surface area contributed by atoms with E-state index in [1.165, 1.54) is 48.5 Å². The Morgan fingerprint density at radius 3 is 1.12 bits per heavy atom.